The van der Waals surface area contributed by atoms with E-state index in [-0.39, 0.29) is 17.9 Å². The first kappa shape index (κ1) is 14.8. The van der Waals surface area contributed by atoms with Gasteiger partial charge in [0.25, 0.3) is 0 Å². The van der Waals surface area contributed by atoms with E-state index >= 15 is 0 Å². The maximum Gasteiger partial charge on any atom is 0.223 e. The van der Waals surface area contributed by atoms with Crippen molar-refractivity contribution in [2.24, 2.45) is 23.5 Å². The van der Waals surface area contributed by atoms with Gasteiger partial charge in [-0.25, -0.2) is 0 Å². The molecule has 1 saturated heterocycles. The Labute approximate surface area is 117 Å². The summed E-state index contributed by atoms with van der Waals surface area (Å²) in [6.45, 7) is 5.36. The normalized spacial score (nSPS) is 34.2. The van der Waals surface area contributed by atoms with E-state index in [4.69, 9.17) is 5.73 Å². The summed E-state index contributed by atoms with van der Waals surface area (Å²) in [7, 11) is 2.17. The van der Waals surface area contributed by atoms with E-state index in [0.29, 0.717) is 11.8 Å². The number of carbonyl (C=O) groups excluding carboxylic acids is 1. The zero-order chi connectivity index (χ0) is 13.8. The molecule has 2 fully saturated rings. The van der Waals surface area contributed by atoms with Crippen molar-refractivity contribution < 1.29 is 4.79 Å². The average molecular weight is 267 g/mol. The van der Waals surface area contributed by atoms with Crippen LogP contribution in [-0.4, -0.2) is 43.5 Å². The van der Waals surface area contributed by atoms with Crippen LogP contribution in [0.3, 0.4) is 0 Å². The van der Waals surface area contributed by atoms with Crippen molar-refractivity contribution in [1.82, 2.24) is 10.2 Å². The van der Waals surface area contributed by atoms with Crippen LogP contribution >= 0.6 is 0 Å². The van der Waals surface area contributed by atoms with Crippen molar-refractivity contribution >= 4 is 5.91 Å². The number of hydrogen-bond donors (Lipinski definition) is 2. The molecule has 3 N–H and O–H groups in total. The second-order valence-electron chi connectivity index (χ2n) is 6.64. The van der Waals surface area contributed by atoms with Crippen LogP contribution in [0.25, 0.3) is 0 Å². The summed E-state index contributed by atoms with van der Waals surface area (Å²) >= 11 is 0. The first-order chi connectivity index (χ1) is 9.06. The molecule has 19 heavy (non-hydrogen) atoms. The Hall–Kier alpha value is -0.610. The molecule has 1 saturated carbocycles. The molecule has 0 bridgehead atoms. The van der Waals surface area contributed by atoms with Crippen LogP contribution in [0.1, 0.15) is 39.0 Å². The molecule has 1 aliphatic carbocycles. The highest BCUT2D eigenvalue weighted by atomic mass is 16.1. The van der Waals surface area contributed by atoms with Gasteiger partial charge in [-0.05, 0) is 64.1 Å². The van der Waals surface area contributed by atoms with Crippen molar-refractivity contribution in [3.8, 4) is 0 Å². The zero-order valence-corrected chi connectivity index (χ0v) is 12.4. The van der Waals surface area contributed by atoms with E-state index in [9.17, 15) is 4.79 Å². The van der Waals surface area contributed by atoms with Crippen molar-refractivity contribution in [3.05, 3.63) is 0 Å². The smallest absolute Gasteiger partial charge is 0.223 e. The third-order valence-corrected chi connectivity index (χ3v) is 5.01. The molecule has 0 aromatic heterocycles. The van der Waals surface area contributed by atoms with Gasteiger partial charge in [0.2, 0.25) is 5.91 Å². The van der Waals surface area contributed by atoms with Gasteiger partial charge < -0.3 is 16.0 Å². The van der Waals surface area contributed by atoms with Crippen LogP contribution in [0.15, 0.2) is 0 Å². The van der Waals surface area contributed by atoms with Crippen molar-refractivity contribution in [1.29, 1.82) is 0 Å². The third-order valence-electron chi connectivity index (χ3n) is 5.01. The predicted octanol–water partition coefficient (Wildman–Crippen LogP) is 1.21. The zero-order valence-electron chi connectivity index (χ0n) is 12.4. The lowest BCUT2D eigenvalue weighted by Crippen LogP contribution is -2.42. The molecule has 3 atom stereocenters. The monoisotopic (exact) mass is 267 g/mol. The van der Waals surface area contributed by atoms with Gasteiger partial charge in [-0.3, -0.25) is 4.79 Å². The van der Waals surface area contributed by atoms with E-state index in [1.165, 1.54) is 12.8 Å². The summed E-state index contributed by atoms with van der Waals surface area (Å²) in [4.78, 5) is 14.6. The Bertz CT molecular complexity index is 300. The molecule has 0 spiro atoms. The molecule has 1 amide bonds. The summed E-state index contributed by atoms with van der Waals surface area (Å²) in [5, 5.41) is 3.17. The van der Waals surface area contributed by atoms with Gasteiger partial charge in [0.15, 0.2) is 0 Å². The Morgan fingerprint density at radius 3 is 2.58 bits per heavy atom. The molecule has 0 aromatic carbocycles. The minimum Gasteiger partial charge on any atom is -0.356 e. The molecule has 4 nitrogen and oxygen atoms in total. The molecule has 0 radical (unpaired) electrons. The highest BCUT2D eigenvalue weighted by molar-refractivity contribution is 5.78. The minimum atomic E-state index is 0.195. The molecule has 3 unspecified atom stereocenters. The summed E-state index contributed by atoms with van der Waals surface area (Å²) in [6.07, 6.45) is 5.34. The molecular formula is C15H29N3O. The number of likely N-dealkylation sites (tertiary alicyclic amines) is 1. The predicted molar refractivity (Wildman–Crippen MR) is 77.7 cm³/mol. The van der Waals surface area contributed by atoms with Gasteiger partial charge in [0.1, 0.15) is 0 Å². The molecule has 1 heterocycles. The van der Waals surface area contributed by atoms with E-state index in [1.54, 1.807) is 0 Å². The molecule has 4 heteroatoms. The lowest BCUT2D eigenvalue weighted by molar-refractivity contribution is -0.126. The van der Waals surface area contributed by atoms with Crippen molar-refractivity contribution in [3.63, 3.8) is 0 Å². The van der Waals surface area contributed by atoms with Gasteiger partial charge in [-0.2, -0.15) is 0 Å². The number of nitrogens with one attached hydrogen (secondary N) is 1. The summed E-state index contributed by atoms with van der Waals surface area (Å²) in [6, 6.07) is 0.290. The van der Waals surface area contributed by atoms with E-state index in [2.05, 4.69) is 24.2 Å². The van der Waals surface area contributed by atoms with Gasteiger partial charge in [0.05, 0.1) is 0 Å². The lowest BCUT2D eigenvalue weighted by Gasteiger charge is -2.32. The fraction of sp³-hybridized carbons (Fsp3) is 0.933. The molecule has 0 aromatic rings. The highest BCUT2D eigenvalue weighted by Crippen LogP contribution is 2.28. The van der Waals surface area contributed by atoms with Gasteiger partial charge in [0, 0.05) is 18.5 Å². The number of hydrogen-bond acceptors (Lipinski definition) is 3. The Morgan fingerprint density at radius 1 is 1.26 bits per heavy atom. The van der Waals surface area contributed by atoms with Crippen LogP contribution in [0, 0.1) is 17.8 Å². The average Bonchev–Trinajstić information content (AvgIpc) is 2.41. The standard InChI is InChI=1S/C15H29N3O/c1-11-9-13(3-4-14(11)16)15(19)17-10-12-5-7-18(2)8-6-12/h11-14H,3-10,16H2,1-2H3,(H,17,19). The number of rotatable bonds is 3. The van der Waals surface area contributed by atoms with E-state index in [1.807, 2.05) is 0 Å². The maximum atomic E-state index is 12.2. The number of amides is 1. The van der Waals surface area contributed by atoms with Crippen LogP contribution in [-0.2, 0) is 4.79 Å². The Morgan fingerprint density at radius 2 is 1.95 bits per heavy atom. The Balaban J connectivity index is 1.69. The van der Waals surface area contributed by atoms with Crippen LogP contribution in [0.5, 0.6) is 0 Å². The fourth-order valence-electron chi connectivity index (χ4n) is 3.31. The number of nitrogens with two attached hydrogens (primary N) is 1. The van der Waals surface area contributed by atoms with Gasteiger partial charge in [-0.1, -0.05) is 6.92 Å². The number of piperidine rings is 1. The SMILES string of the molecule is CC1CC(C(=O)NCC2CCN(C)CC2)CCC1N. The van der Waals surface area contributed by atoms with E-state index in [0.717, 1.165) is 38.9 Å². The summed E-state index contributed by atoms with van der Waals surface area (Å²) in [5.41, 5.74) is 6.01. The number of nitrogens with zero attached hydrogens (tertiary/aromatic N) is 1. The number of carbonyl (C=O) groups is 1. The Kier molecular flexibility index (Phi) is 5.22. The maximum absolute atomic E-state index is 12.2. The molecule has 1 aliphatic heterocycles. The third kappa shape index (κ3) is 4.18. The first-order valence-corrected chi connectivity index (χ1v) is 7.78. The summed E-state index contributed by atoms with van der Waals surface area (Å²) < 4.78 is 0. The van der Waals surface area contributed by atoms with Crippen molar-refractivity contribution in [2.75, 3.05) is 26.7 Å². The largest absolute Gasteiger partial charge is 0.356 e. The van der Waals surface area contributed by atoms with Crippen LogP contribution < -0.4 is 11.1 Å². The second kappa shape index (κ2) is 6.71. The second-order valence-corrected chi connectivity index (χ2v) is 6.64. The molecule has 2 aliphatic rings. The molecule has 2 rings (SSSR count). The van der Waals surface area contributed by atoms with Gasteiger partial charge >= 0.3 is 0 Å². The summed E-state index contributed by atoms with van der Waals surface area (Å²) in [5.74, 6) is 1.61. The quantitative estimate of drug-likeness (QED) is 0.808. The topological polar surface area (TPSA) is 58.4 Å². The van der Waals surface area contributed by atoms with Crippen LogP contribution in [0.4, 0.5) is 0 Å². The fourth-order valence-corrected chi connectivity index (χ4v) is 3.31. The lowest BCUT2D eigenvalue weighted by atomic mass is 9.79. The highest BCUT2D eigenvalue weighted by Gasteiger charge is 2.29. The van der Waals surface area contributed by atoms with Crippen molar-refractivity contribution in [2.45, 2.75) is 45.1 Å². The van der Waals surface area contributed by atoms with Crippen LogP contribution in [0.2, 0.25) is 0 Å². The van der Waals surface area contributed by atoms with E-state index < -0.39 is 0 Å². The molecule has 110 valence electrons. The molecular weight excluding hydrogens is 238 g/mol. The first-order valence-electron chi connectivity index (χ1n) is 7.78. The van der Waals surface area contributed by atoms with Gasteiger partial charge in [-0.15, -0.1) is 0 Å². The minimum absolute atomic E-state index is 0.195.